The summed E-state index contributed by atoms with van der Waals surface area (Å²) in [6, 6.07) is 0.866. The van der Waals surface area contributed by atoms with Gasteiger partial charge < -0.3 is 10.1 Å². The highest BCUT2D eigenvalue weighted by atomic mass is 19.4. The van der Waals surface area contributed by atoms with Crippen molar-refractivity contribution in [3.8, 4) is 11.8 Å². The van der Waals surface area contributed by atoms with Crippen molar-refractivity contribution in [2.45, 2.75) is 44.3 Å². The predicted molar refractivity (Wildman–Crippen MR) is 84.7 cm³/mol. The van der Waals surface area contributed by atoms with Crippen molar-refractivity contribution < 1.29 is 22.7 Å². The summed E-state index contributed by atoms with van der Waals surface area (Å²) in [5.41, 5.74) is -1.03. The molecule has 0 bridgehead atoms. The third-order valence-corrected chi connectivity index (χ3v) is 4.12. The Morgan fingerprint density at radius 3 is 2.65 bits per heavy atom. The summed E-state index contributed by atoms with van der Waals surface area (Å²) in [5.74, 6) is -0.620. The maximum atomic E-state index is 12.7. The lowest BCUT2D eigenvalue weighted by Crippen LogP contribution is -2.36. The zero-order valence-corrected chi connectivity index (χ0v) is 14.1. The molecule has 1 N–H and O–H groups in total. The summed E-state index contributed by atoms with van der Waals surface area (Å²) >= 11 is 0. The molecule has 1 aliphatic rings. The van der Waals surface area contributed by atoms with Gasteiger partial charge in [0.25, 0.3) is 5.91 Å². The maximum Gasteiger partial charge on any atom is 0.435 e. The SMILES string of the molecule is Cn1nc(C(F)(F)F)cc1Oc1cncc(C(=O)NC2CCCCC2)n1. The van der Waals surface area contributed by atoms with Gasteiger partial charge in [0.2, 0.25) is 11.8 Å². The zero-order chi connectivity index (χ0) is 18.7. The number of carbonyl (C=O) groups excluding carboxylic acids is 1. The lowest BCUT2D eigenvalue weighted by Gasteiger charge is -2.22. The molecule has 1 amide bonds. The lowest BCUT2D eigenvalue weighted by molar-refractivity contribution is -0.141. The van der Waals surface area contributed by atoms with Crippen LogP contribution in [0.25, 0.3) is 0 Å². The lowest BCUT2D eigenvalue weighted by atomic mass is 9.95. The Morgan fingerprint density at radius 1 is 1.27 bits per heavy atom. The number of halogens is 3. The number of nitrogens with zero attached hydrogens (tertiary/aromatic N) is 4. The monoisotopic (exact) mass is 369 g/mol. The number of aryl methyl sites for hydroxylation is 1. The summed E-state index contributed by atoms with van der Waals surface area (Å²) in [6.07, 6.45) is 3.08. The van der Waals surface area contributed by atoms with Gasteiger partial charge in [0.1, 0.15) is 5.69 Å². The summed E-state index contributed by atoms with van der Waals surface area (Å²) < 4.78 is 44.4. The van der Waals surface area contributed by atoms with E-state index in [0.29, 0.717) is 0 Å². The second-order valence-electron chi connectivity index (χ2n) is 6.14. The minimum atomic E-state index is -4.58. The van der Waals surface area contributed by atoms with Crippen LogP contribution < -0.4 is 10.1 Å². The van der Waals surface area contributed by atoms with Gasteiger partial charge in [-0.05, 0) is 12.8 Å². The Hall–Kier alpha value is -2.65. The number of nitrogens with one attached hydrogen (secondary N) is 1. The third-order valence-electron chi connectivity index (χ3n) is 4.12. The van der Waals surface area contributed by atoms with E-state index in [2.05, 4.69) is 20.4 Å². The molecule has 0 saturated heterocycles. The van der Waals surface area contributed by atoms with Crippen LogP contribution in [0, 0.1) is 0 Å². The van der Waals surface area contributed by atoms with E-state index >= 15 is 0 Å². The van der Waals surface area contributed by atoms with Crippen LogP contribution in [0.3, 0.4) is 0 Å². The molecule has 26 heavy (non-hydrogen) atoms. The smallest absolute Gasteiger partial charge is 0.419 e. The largest absolute Gasteiger partial charge is 0.435 e. The molecule has 3 rings (SSSR count). The maximum absolute atomic E-state index is 12.7. The first-order chi connectivity index (χ1) is 12.3. The molecule has 2 aromatic rings. The summed E-state index contributed by atoms with van der Waals surface area (Å²) in [7, 11) is 1.32. The van der Waals surface area contributed by atoms with Gasteiger partial charge in [-0.1, -0.05) is 19.3 Å². The molecule has 1 saturated carbocycles. The van der Waals surface area contributed by atoms with Crippen LogP contribution in [-0.4, -0.2) is 31.7 Å². The Balaban J connectivity index is 1.71. The van der Waals surface area contributed by atoms with Gasteiger partial charge in [-0.3, -0.25) is 9.78 Å². The minimum absolute atomic E-state index is 0.0475. The van der Waals surface area contributed by atoms with Crippen LogP contribution in [0.5, 0.6) is 11.8 Å². The first-order valence-corrected chi connectivity index (χ1v) is 8.25. The molecule has 1 fully saturated rings. The summed E-state index contributed by atoms with van der Waals surface area (Å²) in [4.78, 5) is 20.2. The second-order valence-corrected chi connectivity index (χ2v) is 6.14. The highest BCUT2D eigenvalue weighted by molar-refractivity contribution is 5.92. The minimum Gasteiger partial charge on any atom is -0.419 e. The van der Waals surface area contributed by atoms with E-state index in [1.165, 1.54) is 25.9 Å². The van der Waals surface area contributed by atoms with Crippen LogP contribution >= 0.6 is 0 Å². The number of hydrogen-bond acceptors (Lipinski definition) is 5. The molecule has 1 aliphatic carbocycles. The van der Waals surface area contributed by atoms with Crippen molar-refractivity contribution in [3.63, 3.8) is 0 Å². The molecule has 2 aromatic heterocycles. The fraction of sp³-hybridized carbons (Fsp3) is 0.500. The Morgan fingerprint density at radius 2 is 2.00 bits per heavy atom. The molecule has 0 spiro atoms. The number of amides is 1. The number of alkyl halides is 3. The molecule has 140 valence electrons. The van der Waals surface area contributed by atoms with E-state index < -0.39 is 11.9 Å². The zero-order valence-electron chi connectivity index (χ0n) is 14.1. The van der Waals surface area contributed by atoms with Gasteiger partial charge in [0.05, 0.1) is 12.4 Å². The predicted octanol–water partition coefficient (Wildman–Crippen LogP) is 3.08. The standard InChI is InChI=1S/C16H18F3N5O2/c1-24-14(7-12(23-24)16(17,18)19)26-13-9-20-8-11(22-13)15(25)21-10-5-3-2-4-6-10/h7-10H,2-6H2,1H3,(H,21,25). The van der Waals surface area contributed by atoms with Crippen LogP contribution in [0.2, 0.25) is 0 Å². The fourth-order valence-corrected chi connectivity index (χ4v) is 2.80. The molecule has 0 aliphatic heterocycles. The molecular weight excluding hydrogens is 351 g/mol. The summed E-state index contributed by atoms with van der Waals surface area (Å²) in [5, 5.41) is 6.25. The first kappa shape index (κ1) is 18.2. The van der Waals surface area contributed by atoms with Gasteiger partial charge >= 0.3 is 6.18 Å². The van der Waals surface area contributed by atoms with Crippen molar-refractivity contribution in [2.75, 3.05) is 0 Å². The van der Waals surface area contributed by atoms with Gasteiger partial charge in [0, 0.05) is 19.2 Å². The van der Waals surface area contributed by atoms with Crippen LogP contribution in [0.4, 0.5) is 13.2 Å². The second kappa shape index (κ2) is 7.30. The Kier molecular flexibility index (Phi) is 5.10. The van der Waals surface area contributed by atoms with E-state index in [4.69, 9.17) is 4.74 Å². The van der Waals surface area contributed by atoms with Crippen LogP contribution in [0.1, 0.15) is 48.3 Å². The highest BCUT2D eigenvalue weighted by Crippen LogP contribution is 2.31. The van der Waals surface area contributed by atoms with Crippen molar-refractivity contribution in [1.29, 1.82) is 0 Å². The van der Waals surface area contributed by atoms with Gasteiger partial charge in [-0.2, -0.15) is 18.3 Å². The molecule has 0 atom stereocenters. The average molecular weight is 369 g/mol. The van der Waals surface area contributed by atoms with Crippen LogP contribution in [-0.2, 0) is 13.2 Å². The van der Waals surface area contributed by atoms with Crippen molar-refractivity contribution in [2.24, 2.45) is 7.05 Å². The van der Waals surface area contributed by atoms with Gasteiger partial charge in [0.15, 0.2) is 5.69 Å². The van der Waals surface area contributed by atoms with Gasteiger partial charge in [-0.25, -0.2) is 9.67 Å². The highest BCUT2D eigenvalue weighted by Gasteiger charge is 2.35. The van der Waals surface area contributed by atoms with E-state index in [9.17, 15) is 18.0 Å². The average Bonchev–Trinajstić information content (AvgIpc) is 2.97. The molecule has 0 aromatic carbocycles. The van der Waals surface area contributed by atoms with E-state index in [0.717, 1.165) is 36.4 Å². The topological polar surface area (TPSA) is 81.9 Å². The number of rotatable bonds is 4. The van der Waals surface area contributed by atoms with Crippen molar-refractivity contribution >= 4 is 5.91 Å². The Labute approximate surface area is 147 Å². The van der Waals surface area contributed by atoms with Gasteiger partial charge in [-0.15, -0.1) is 0 Å². The molecule has 2 heterocycles. The fourth-order valence-electron chi connectivity index (χ4n) is 2.80. The number of carbonyl (C=O) groups is 1. The first-order valence-electron chi connectivity index (χ1n) is 8.25. The van der Waals surface area contributed by atoms with Crippen molar-refractivity contribution in [3.05, 3.63) is 29.8 Å². The molecular formula is C16H18F3N5O2. The normalized spacial score (nSPS) is 15.7. The molecule has 0 unspecified atom stereocenters. The van der Waals surface area contributed by atoms with Crippen LogP contribution in [0.15, 0.2) is 18.5 Å². The quantitative estimate of drug-likeness (QED) is 0.896. The number of aromatic nitrogens is 4. The molecule has 10 heteroatoms. The number of hydrogen-bond donors (Lipinski definition) is 1. The summed E-state index contributed by atoms with van der Waals surface area (Å²) in [6.45, 7) is 0. The third kappa shape index (κ3) is 4.30. The van der Waals surface area contributed by atoms with E-state index in [1.54, 1.807) is 0 Å². The molecule has 0 radical (unpaired) electrons. The molecule has 7 nitrogen and oxygen atoms in total. The van der Waals surface area contributed by atoms with E-state index in [1.807, 2.05) is 0 Å². The van der Waals surface area contributed by atoms with Crippen molar-refractivity contribution in [1.82, 2.24) is 25.1 Å². The Bertz CT molecular complexity index is 784. The number of ether oxygens (including phenoxy) is 1. The van der Waals surface area contributed by atoms with E-state index in [-0.39, 0.29) is 29.4 Å².